The summed E-state index contributed by atoms with van der Waals surface area (Å²) in [7, 11) is 0. The van der Waals surface area contributed by atoms with E-state index in [1.54, 1.807) is 6.08 Å². The molecule has 0 aliphatic carbocycles. The second-order valence-electron chi connectivity index (χ2n) is 6.39. The molecule has 3 aromatic rings. The van der Waals surface area contributed by atoms with E-state index < -0.39 is 0 Å². The maximum absolute atomic E-state index is 5.54. The summed E-state index contributed by atoms with van der Waals surface area (Å²) < 4.78 is 5.54. The summed E-state index contributed by atoms with van der Waals surface area (Å²) in [4.78, 5) is 4.73. The Morgan fingerprint density at radius 1 is 0.893 bits per heavy atom. The van der Waals surface area contributed by atoms with Gasteiger partial charge in [0.25, 0.3) is 0 Å². The lowest BCUT2D eigenvalue weighted by molar-refractivity contribution is 0.363. The Bertz CT molecular complexity index is 901. The van der Waals surface area contributed by atoms with Gasteiger partial charge in [-0.1, -0.05) is 60.7 Å². The number of aliphatic imine (C=N–C) groups is 1. The molecule has 0 spiro atoms. The number of aryl methyl sites for hydroxylation is 1. The van der Waals surface area contributed by atoms with Gasteiger partial charge in [-0.05, 0) is 48.9 Å². The van der Waals surface area contributed by atoms with E-state index in [1.807, 2.05) is 54.6 Å². The van der Waals surface area contributed by atoms with Crippen molar-refractivity contribution >= 4 is 17.3 Å². The fraction of sp³-hybridized carbons (Fsp3) is 0.125. The quantitative estimate of drug-likeness (QED) is 0.321. The summed E-state index contributed by atoms with van der Waals surface area (Å²) in [6.07, 6.45) is 1.73. The summed E-state index contributed by atoms with van der Waals surface area (Å²) in [5.74, 6) is 1.49. The molecule has 3 rings (SSSR count). The van der Waals surface area contributed by atoms with Gasteiger partial charge in [-0.3, -0.25) is 0 Å². The average Bonchev–Trinajstić information content (AvgIpc) is 2.74. The van der Waals surface area contributed by atoms with Gasteiger partial charge in [0.2, 0.25) is 5.96 Å². The van der Waals surface area contributed by atoms with Gasteiger partial charge in [-0.15, -0.1) is 0 Å². The topological polar surface area (TPSA) is 45.6 Å². The Hall–Kier alpha value is -3.53. The van der Waals surface area contributed by atoms with Gasteiger partial charge in [0, 0.05) is 11.4 Å². The molecule has 2 N–H and O–H groups in total. The highest BCUT2D eigenvalue weighted by Gasteiger charge is 2.03. The van der Waals surface area contributed by atoms with E-state index in [0.717, 1.165) is 22.7 Å². The first-order chi connectivity index (χ1) is 13.7. The molecule has 142 valence electrons. The van der Waals surface area contributed by atoms with Crippen LogP contribution >= 0.6 is 0 Å². The second-order valence-corrected chi connectivity index (χ2v) is 6.39. The van der Waals surface area contributed by atoms with Crippen molar-refractivity contribution in [2.24, 2.45) is 4.99 Å². The van der Waals surface area contributed by atoms with Crippen LogP contribution in [-0.2, 0) is 6.54 Å². The molecule has 3 aromatic carbocycles. The maximum Gasteiger partial charge on any atom is 0.200 e. The molecule has 0 fully saturated rings. The van der Waals surface area contributed by atoms with Crippen LogP contribution < -0.4 is 15.4 Å². The first-order valence-electron chi connectivity index (χ1n) is 9.26. The molecule has 4 nitrogen and oxygen atoms in total. The van der Waals surface area contributed by atoms with Crippen molar-refractivity contribution in [2.75, 3.05) is 17.2 Å². The summed E-state index contributed by atoms with van der Waals surface area (Å²) in [6, 6.07) is 26.2. The zero-order valence-electron chi connectivity index (χ0n) is 16.1. The monoisotopic (exact) mass is 371 g/mol. The van der Waals surface area contributed by atoms with Crippen molar-refractivity contribution in [2.45, 2.75) is 13.5 Å². The van der Waals surface area contributed by atoms with Crippen LogP contribution in [0.1, 0.15) is 11.1 Å². The third-order valence-electron chi connectivity index (χ3n) is 4.06. The largest absolute Gasteiger partial charge is 0.490 e. The lowest BCUT2D eigenvalue weighted by Crippen LogP contribution is -2.22. The van der Waals surface area contributed by atoms with Gasteiger partial charge in [-0.2, -0.15) is 0 Å². The molecule has 0 aliphatic rings. The Morgan fingerprint density at radius 2 is 1.50 bits per heavy atom. The van der Waals surface area contributed by atoms with E-state index >= 15 is 0 Å². The molecule has 0 bridgehead atoms. The molecule has 0 aromatic heterocycles. The summed E-state index contributed by atoms with van der Waals surface area (Å²) in [6.45, 7) is 6.81. The molecule has 0 saturated heterocycles. The number of rotatable bonds is 7. The van der Waals surface area contributed by atoms with Crippen LogP contribution in [-0.4, -0.2) is 12.6 Å². The molecule has 0 radical (unpaired) electrons. The van der Waals surface area contributed by atoms with Gasteiger partial charge < -0.3 is 15.4 Å². The van der Waals surface area contributed by atoms with Crippen molar-refractivity contribution in [3.05, 3.63) is 103 Å². The standard InChI is InChI=1S/C24H25N3O/c1-3-17-28-23-15-13-22(14-16-23)27-24(25-18-20-7-5-4-6-8-20)26-21-11-9-19(2)10-12-21/h3-16H,1,17-18H2,2H3,(H2,25,26,27). The highest BCUT2D eigenvalue weighted by Crippen LogP contribution is 2.17. The normalized spacial score (nSPS) is 11.0. The molecule has 0 saturated carbocycles. The SMILES string of the molecule is C=CCOc1ccc(NC(=NCc2ccccc2)Nc2ccc(C)cc2)cc1. The minimum absolute atomic E-state index is 0.492. The highest BCUT2D eigenvalue weighted by molar-refractivity contribution is 6.03. The fourth-order valence-corrected chi connectivity index (χ4v) is 2.56. The van der Waals surface area contributed by atoms with Gasteiger partial charge in [-0.25, -0.2) is 4.99 Å². The van der Waals surface area contributed by atoms with E-state index in [4.69, 9.17) is 9.73 Å². The van der Waals surface area contributed by atoms with Crippen LogP contribution in [0.25, 0.3) is 0 Å². The van der Waals surface area contributed by atoms with Gasteiger partial charge in [0.15, 0.2) is 0 Å². The lowest BCUT2D eigenvalue weighted by atomic mass is 10.2. The lowest BCUT2D eigenvalue weighted by Gasteiger charge is -2.14. The number of hydrogen-bond acceptors (Lipinski definition) is 2. The molecular formula is C24H25N3O. The zero-order valence-corrected chi connectivity index (χ0v) is 16.1. The molecule has 0 heterocycles. The molecular weight excluding hydrogens is 346 g/mol. The Kier molecular flexibility index (Phi) is 6.85. The molecule has 28 heavy (non-hydrogen) atoms. The smallest absolute Gasteiger partial charge is 0.200 e. The number of benzene rings is 3. The van der Waals surface area contributed by atoms with E-state index in [-0.39, 0.29) is 0 Å². The van der Waals surface area contributed by atoms with Crippen LogP contribution in [0.5, 0.6) is 5.75 Å². The van der Waals surface area contributed by atoms with Crippen LogP contribution in [0.3, 0.4) is 0 Å². The number of hydrogen-bond donors (Lipinski definition) is 2. The zero-order chi connectivity index (χ0) is 19.6. The van der Waals surface area contributed by atoms with E-state index in [2.05, 4.69) is 48.4 Å². The maximum atomic E-state index is 5.54. The minimum Gasteiger partial charge on any atom is -0.490 e. The van der Waals surface area contributed by atoms with Crippen LogP contribution in [0.15, 0.2) is 96.5 Å². The van der Waals surface area contributed by atoms with Gasteiger partial charge in [0.1, 0.15) is 12.4 Å². The third-order valence-corrected chi connectivity index (χ3v) is 4.06. The van der Waals surface area contributed by atoms with Crippen molar-refractivity contribution in [1.29, 1.82) is 0 Å². The number of anilines is 2. The number of guanidine groups is 1. The van der Waals surface area contributed by atoms with Gasteiger partial charge >= 0.3 is 0 Å². The minimum atomic E-state index is 0.492. The first kappa shape index (κ1) is 19.2. The van der Waals surface area contributed by atoms with E-state index in [1.165, 1.54) is 5.56 Å². The summed E-state index contributed by atoms with van der Waals surface area (Å²) in [5.41, 5.74) is 4.28. The first-order valence-corrected chi connectivity index (χ1v) is 9.26. The Balaban J connectivity index is 1.74. The fourth-order valence-electron chi connectivity index (χ4n) is 2.56. The van der Waals surface area contributed by atoms with Gasteiger partial charge in [0.05, 0.1) is 6.54 Å². The molecule has 0 aliphatic heterocycles. The molecule has 0 amide bonds. The summed E-state index contributed by atoms with van der Waals surface area (Å²) in [5, 5.41) is 6.73. The average molecular weight is 371 g/mol. The van der Waals surface area contributed by atoms with Crippen LogP contribution in [0, 0.1) is 6.92 Å². The van der Waals surface area contributed by atoms with Crippen molar-refractivity contribution in [3.63, 3.8) is 0 Å². The van der Waals surface area contributed by atoms with Crippen molar-refractivity contribution in [1.82, 2.24) is 0 Å². The third kappa shape index (κ3) is 6.02. The van der Waals surface area contributed by atoms with Crippen LogP contribution in [0.2, 0.25) is 0 Å². The molecule has 4 heteroatoms. The van der Waals surface area contributed by atoms with Crippen LogP contribution in [0.4, 0.5) is 11.4 Å². The van der Waals surface area contributed by atoms with E-state index in [9.17, 15) is 0 Å². The highest BCUT2D eigenvalue weighted by atomic mass is 16.5. The Morgan fingerprint density at radius 3 is 2.11 bits per heavy atom. The van der Waals surface area contributed by atoms with Crippen molar-refractivity contribution in [3.8, 4) is 5.75 Å². The Labute approximate surface area is 166 Å². The predicted molar refractivity (Wildman–Crippen MR) is 118 cm³/mol. The number of ether oxygens (including phenoxy) is 1. The molecule has 0 atom stereocenters. The number of nitrogens with one attached hydrogen (secondary N) is 2. The van der Waals surface area contributed by atoms with E-state index in [0.29, 0.717) is 19.1 Å². The second kappa shape index (κ2) is 9.97. The molecule has 0 unspecified atom stereocenters. The van der Waals surface area contributed by atoms with Crippen molar-refractivity contribution < 1.29 is 4.74 Å². The number of nitrogens with zero attached hydrogens (tertiary/aromatic N) is 1. The predicted octanol–water partition coefficient (Wildman–Crippen LogP) is 5.64. The summed E-state index contributed by atoms with van der Waals surface area (Å²) >= 11 is 0.